The molecule has 0 aliphatic carbocycles. The van der Waals surface area contributed by atoms with E-state index < -0.39 is 0 Å². The Labute approximate surface area is 109 Å². The molecule has 0 aromatic carbocycles. The zero-order chi connectivity index (χ0) is 12.5. The van der Waals surface area contributed by atoms with E-state index in [2.05, 4.69) is 27.6 Å². The second-order valence-electron chi connectivity index (χ2n) is 4.39. The van der Waals surface area contributed by atoms with Gasteiger partial charge in [0, 0.05) is 9.26 Å². The fourth-order valence-electron chi connectivity index (χ4n) is 1.67. The Bertz CT molecular complexity index is 495. The monoisotopic (exact) mass is 330 g/mol. The van der Waals surface area contributed by atoms with E-state index in [1.54, 1.807) is 0 Å². The summed E-state index contributed by atoms with van der Waals surface area (Å²) in [4.78, 5) is 14.6. The predicted molar refractivity (Wildman–Crippen MR) is 72.7 cm³/mol. The van der Waals surface area contributed by atoms with E-state index >= 15 is 0 Å². The van der Waals surface area contributed by atoms with Crippen LogP contribution in [0.4, 0.5) is 0 Å². The maximum atomic E-state index is 11.8. The lowest BCUT2D eigenvalue weighted by Gasteiger charge is -2.16. The van der Waals surface area contributed by atoms with Gasteiger partial charge in [0.05, 0.1) is 0 Å². The molecule has 0 aliphatic rings. The van der Waals surface area contributed by atoms with E-state index in [0.717, 1.165) is 14.8 Å². The van der Waals surface area contributed by atoms with Crippen LogP contribution in [-0.4, -0.2) is 4.98 Å². The van der Waals surface area contributed by atoms with E-state index in [9.17, 15) is 4.79 Å². The van der Waals surface area contributed by atoms with Crippen molar-refractivity contribution in [3.05, 3.63) is 30.7 Å². The Balaban J connectivity index is 3.68. The molecule has 0 spiro atoms. The number of aromatic amines is 1. The maximum absolute atomic E-state index is 11.8. The second kappa shape index (κ2) is 5.00. The molecule has 0 aliphatic heterocycles. The molecule has 0 amide bonds. The smallest absolute Gasteiger partial charge is 0.266 e. The number of hydrogen-bond acceptors (Lipinski definition) is 2. The third kappa shape index (κ3) is 2.29. The van der Waals surface area contributed by atoms with Crippen LogP contribution >= 0.6 is 22.6 Å². The van der Waals surface area contributed by atoms with Crippen LogP contribution in [0.3, 0.4) is 0 Å². The number of pyridine rings is 1. The van der Waals surface area contributed by atoms with Gasteiger partial charge in [0.1, 0.15) is 11.6 Å². The van der Waals surface area contributed by atoms with Crippen molar-refractivity contribution in [1.29, 1.82) is 5.26 Å². The van der Waals surface area contributed by atoms with Gasteiger partial charge in [-0.05, 0) is 40.0 Å². The van der Waals surface area contributed by atoms with Gasteiger partial charge in [-0.15, -0.1) is 0 Å². The average molecular weight is 330 g/mol. The normalized spacial score (nSPS) is 10.9. The second-order valence-corrected chi connectivity index (χ2v) is 5.47. The lowest BCUT2D eigenvalue weighted by atomic mass is 9.96. The molecule has 0 bridgehead atoms. The summed E-state index contributed by atoms with van der Waals surface area (Å²) in [6.45, 7) is 8.07. The minimum Gasteiger partial charge on any atom is -0.324 e. The summed E-state index contributed by atoms with van der Waals surface area (Å²) in [7, 11) is 0. The van der Waals surface area contributed by atoms with Crippen molar-refractivity contribution in [2.24, 2.45) is 0 Å². The SMILES string of the molecule is CC(C)c1[nH]c(=O)c(C#N)c(C(C)C)c1I. The van der Waals surface area contributed by atoms with Gasteiger partial charge < -0.3 is 4.98 Å². The molecule has 1 rings (SSSR count). The molecule has 0 radical (unpaired) electrons. The number of rotatable bonds is 2. The van der Waals surface area contributed by atoms with Gasteiger partial charge in [0.2, 0.25) is 0 Å². The number of aromatic nitrogens is 1. The molecule has 0 atom stereocenters. The van der Waals surface area contributed by atoms with Gasteiger partial charge in [0.15, 0.2) is 0 Å². The fraction of sp³-hybridized carbons (Fsp3) is 0.500. The van der Waals surface area contributed by atoms with Crippen molar-refractivity contribution in [2.75, 3.05) is 0 Å². The van der Waals surface area contributed by atoms with Crippen LogP contribution < -0.4 is 5.56 Å². The molecule has 0 fully saturated rings. The summed E-state index contributed by atoms with van der Waals surface area (Å²) in [5, 5.41) is 9.03. The predicted octanol–water partition coefficient (Wildman–Crippen LogP) is 3.10. The van der Waals surface area contributed by atoms with Crippen LogP contribution in [-0.2, 0) is 0 Å². The molecule has 3 nitrogen and oxygen atoms in total. The number of halogens is 1. The fourth-order valence-corrected chi connectivity index (χ4v) is 3.32. The summed E-state index contributed by atoms with van der Waals surface area (Å²) in [5.41, 5.74) is 1.78. The first-order valence-corrected chi connectivity index (χ1v) is 6.33. The van der Waals surface area contributed by atoms with Gasteiger partial charge in [-0.3, -0.25) is 4.79 Å². The highest BCUT2D eigenvalue weighted by Crippen LogP contribution is 2.28. The lowest BCUT2D eigenvalue weighted by molar-refractivity contribution is 0.777. The molecule has 0 saturated heterocycles. The molecule has 1 N–H and O–H groups in total. The highest BCUT2D eigenvalue weighted by molar-refractivity contribution is 14.1. The van der Waals surface area contributed by atoms with E-state index in [4.69, 9.17) is 5.26 Å². The summed E-state index contributed by atoms with van der Waals surface area (Å²) >= 11 is 2.22. The van der Waals surface area contributed by atoms with Gasteiger partial charge in [-0.1, -0.05) is 27.7 Å². The zero-order valence-corrected chi connectivity index (χ0v) is 12.0. The summed E-state index contributed by atoms with van der Waals surface area (Å²) in [6, 6.07) is 2.00. The topological polar surface area (TPSA) is 56.6 Å². The maximum Gasteiger partial charge on any atom is 0.266 e. The van der Waals surface area contributed by atoms with Crippen LogP contribution in [0.15, 0.2) is 4.79 Å². The van der Waals surface area contributed by atoms with Crippen LogP contribution in [0.5, 0.6) is 0 Å². The molecule has 16 heavy (non-hydrogen) atoms. The van der Waals surface area contributed by atoms with E-state index in [0.29, 0.717) is 0 Å². The Hall–Kier alpha value is -0.830. The van der Waals surface area contributed by atoms with E-state index in [1.165, 1.54) is 0 Å². The lowest BCUT2D eigenvalue weighted by Crippen LogP contribution is -2.19. The van der Waals surface area contributed by atoms with E-state index in [-0.39, 0.29) is 23.0 Å². The van der Waals surface area contributed by atoms with Crippen LogP contribution in [0.2, 0.25) is 0 Å². The van der Waals surface area contributed by atoms with Gasteiger partial charge in [0.25, 0.3) is 5.56 Å². The Morgan fingerprint density at radius 2 is 1.81 bits per heavy atom. The Kier molecular flexibility index (Phi) is 4.14. The first-order chi connectivity index (χ1) is 7.40. The third-order valence-corrected chi connectivity index (χ3v) is 3.65. The number of nitriles is 1. The van der Waals surface area contributed by atoms with Gasteiger partial charge >= 0.3 is 0 Å². The highest BCUT2D eigenvalue weighted by Gasteiger charge is 2.19. The first kappa shape index (κ1) is 13.2. The molecule has 1 aromatic heterocycles. The van der Waals surface area contributed by atoms with E-state index in [1.807, 2.05) is 33.8 Å². The molecule has 86 valence electrons. The van der Waals surface area contributed by atoms with Crippen LogP contribution in [0, 0.1) is 14.9 Å². The summed E-state index contributed by atoms with van der Waals surface area (Å²) < 4.78 is 1.01. The van der Waals surface area contributed by atoms with Crippen molar-refractivity contribution < 1.29 is 0 Å². The summed E-state index contributed by atoms with van der Waals surface area (Å²) in [5.74, 6) is 0.436. The Morgan fingerprint density at radius 3 is 2.19 bits per heavy atom. The zero-order valence-electron chi connectivity index (χ0n) is 9.89. The van der Waals surface area contributed by atoms with Crippen molar-refractivity contribution in [1.82, 2.24) is 4.98 Å². The minimum absolute atomic E-state index is 0.182. The number of hydrogen-bond donors (Lipinski definition) is 1. The van der Waals surface area contributed by atoms with Gasteiger partial charge in [-0.2, -0.15) is 5.26 Å². The third-order valence-electron chi connectivity index (χ3n) is 2.48. The number of nitrogens with zero attached hydrogens (tertiary/aromatic N) is 1. The van der Waals surface area contributed by atoms with Crippen molar-refractivity contribution >= 4 is 22.6 Å². The van der Waals surface area contributed by atoms with Crippen LogP contribution in [0.25, 0.3) is 0 Å². The van der Waals surface area contributed by atoms with Gasteiger partial charge in [-0.25, -0.2) is 0 Å². The molecular formula is C12H15IN2O. The molecule has 1 aromatic rings. The number of H-pyrrole nitrogens is 1. The summed E-state index contributed by atoms with van der Waals surface area (Å²) in [6.07, 6.45) is 0. The molecular weight excluding hydrogens is 315 g/mol. The molecule has 0 unspecified atom stereocenters. The quantitative estimate of drug-likeness (QED) is 0.847. The average Bonchev–Trinajstić information content (AvgIpc) is 2.19. The number of nitrogens with one attached hydrogen (secondary N) is 1. The van der Waals surface area contributed by atoms with Crippen LogP contribution in [0.1, 0.15) is 56.4 Å². The van der Waals surface area contributed by atoms with Crippen molar-refractivity contribution in [2.45, 2.75) is 39.5 Å². The largest absolute Gasteiger partial charge is 0.324 e. The van der Waals surface area contributed by atoms with Crippen molar-refractivity contribution in [3.8, 4) is 6.07 Å². The first-order valence-electron chi connectivity index (χ1n) is 5.25. The molecule has 4 heteroatoms. The molecule has 1 heterocycles. The molecule has 0 saturated carbocycles. The minimum atomic E-state index is -0.268. The van der Waals surface area contributed by atoms with Crippen molar-refractivity contribution in [3.63, 3.8) is 0 Å². The standard InChI is InChI=1S/C12H15IN2O/c1-6(2)9-8(5-14)12(16)15-11(7(3)4)10(9)13/h6-7H,1-4H3,(H,15,16). The Morgan fingerprint density at radius 1 is 1.25 bits per heavy atom. The highest BCUT2D eigenvalue weighted by atomic mass is 127.